The zero-order valence-electron chi connectivity index (χ0n) is 18.1. The summed E-state index contributed by atoms with van der Waals surface area (Å²) >= 11 is 3.40. The highest BCUT2D eigenvalue weighted by Gasteiger charge is 2.29. The van der Waals surface area contributed by atoms with E-state index in [0.717, 1.165) is 26.2 Å². The van der Waals surface area contributed by atoms with Gasteiger partial charge < -0.3 is 10.2 Å². The molecule has 1 atom stereocenters. The maximum atomic E-state index is 13.3. The second-order valence-electron chi connectivity index (χ2n) is 7.28. The number of halogens is 1. The third-order valence-corrected chi connectivity index (χ3v) is 6.85. The Morgan fingerprint density at radius 3 is 2.32 bits per heavy atom. The number of anilines is 1. The van der Waals surface area contributed by atoms with E-state index in [2.05, 4.69) is 21.2 Å². The van der Waals surface area contributed by atoms with E-state index >= 15 is 0 Å². The molecule has 2 aromatic carbocycles. The van der Waals surface area contributed by atoms with E-state index in [0.29, 0.717) is 12.2 Å². The van der Waals surface area contributed by atoms with Crippen LogP contribution < -0.4 is 9.62 Å². The van der Waals surface area contributed by atoms with Crippen molar-refractivity contribution in [3.05, 3.63) is 64.1 Å². The number of nitrogens with one attached hydrogen (secondary N) is 1. The van der Waals surface area contributed by atoms with Crippen LogP contribution in [0, 0.1) is 6.92 Å². The van der Waals surface area contributed by atoms with Crippen LogP contribution >= 0.6 is 15.9 Å². The summed E-state index contributed by atoms with van der Waals surface area (Å²) in [7, 11) is -3.74. The lowest BCUT2D eigenvalue weighted by Crippen LogP contribution is -2.51. The van der Waals surface area contributed by atoms with Crippen molar-refractivity contribution in [2.24, 2.45) is 0 Å². The van der Waals surface area contributed by atoms with E-state index < -0.39 is 28.5 Å². The number of sulfonamides is 1. The summed E-state index contributed by atoms with van der Waals surface area (Å²) in [5, 5.41) is 2.73. The number of carbonyl (C=O) groups is 2. The van der Waals surface area contributed by atoms with Crippen molar-refractivity contribution in [3.8, 4) is 0 Å². The molecule has 1 N–H and O–H groups in total. The minimum absolute atomic E-state index is 0.189. The Morgan fingerprint density at radius 2 is 1.77 bits per heavy atom. The van der Waals surface area contributed by atoms with Gasteiger partial charge in [0.2, 0.25) is 21.8 Å². The number of benzene rings is 2. The molecule has 0 unspecified atom stereocenters. The van der Waals surface area contributed by atoms with Gasteiger partial charge in [-0.2, -0.15) is 0 Å². The molecule has 0 bridgehead atoms. The number of rotatable bonds is 9. The zero-order valence-corrected chi connectivity index (χ0v) is 20.5. The topological polar surface area (TPSA) is 86.8 Å². The first-order valence-corrected chi connectivity index (χ1v) is 12.5. The monoisotopic (exact) mass is 509 g/mol. The number of hydrogen-bond donors (Lipinski definition) is 1. The molecule has 0 aliphatic rings. The highest BCUT2D eigenvalue weighted by Crippen LogP contribution is 2.25. The lowest BCUT2D eigenvalue weighted by Gasteiger charge is -2.31. The van der Waals surface area contributed by atoms with Crippen molar-refractivity contribution in [2.45, 2.75) is 33.4 Å². The molecule has 0 spiro atoms. The number of nitrogens with zero attached hydrogens (tertiary/aromatic N) is 2. The van der Waals surface area contributed by atoms with E-state index in [1.54, 1.807) is 32.0 Å². The van der Waals surface area contributed by atoms with Gasteiger partial charge in [0.15, 0.2) is 0 Å². The van der Waals surface area contributed by atoms with Crippen LogP contribution in [0.1, 0.15) is 25.0 Å². The molecule has 2 aromatic rings. The molecule has 0 saturated heterocycles. The first kappa shape index (κ1) is 24.9. The van der Waals surface area contributed by atoms with Gasteiger partial charge in [-0.05, 0) is 50.1 Å². The fraction of sp³-hybridized carbons (Fsp3) is 0.364. The van der Waals surface area contributed by atoms with Crippen LogP contribution in [0.3, 0.4) is 0 Å². The molecule has 0 aromatic heterocycles. The third-order valence-electron chi connectivity index (χ3n) is 4.82. The van der Waals surface area contributed by atoms with Gasteiger partial charge in [0, 0.05) is 17.6 Å². The molecule has 0 aliphatic carbocycles. The summed E-state index contributed by atoms with van der Waals surface area (Å²) in [6.45, 7) is 5.50. The maximum absolute atomic E-state index is 13.3. The smallest absolute Gasteiger partial charge is 0.244 e. The molecule has 0 heterocycles. The molecule has 0 radical (unpaired) electrons. The molecule has 2 rings (SSSR count). The van der Waals surface area contributed by atoms with Crippen LogP contribution in [0.5, 0.6) is 0 Å². The Hall–Kier alpha value is -2.39. The average Bonchev–Trinajstić information content (AvgIpc) is 2.72. The van der Waals surface area contributed by atoms with Crippen LogP contribution in [-0.2, 0) is 26.2 Å². The number of aryl methyl sites for hydroxylation is 1. The highest BCUT2D eigenvalue weighted by atomic mass is 79.9. The van der Waals surface area contributed by atoms with Crippen LogP contribution in [-0.4, -0.2) is 50.5 Å². The van der Waals surface area contributed by atoms with Crippen molar-refractivity contribution in [2.75, 3.05) is 23.7 Å². The fourth-order valence-electron chi connectivity index (χ4n) is 3.08. The Morgan fingerprint density at radius 1 is 1.13 bits per heavy atom. The molecule has 9 heteroatoms. The Bertz CT molecular complexity index is 1030. The molecule has 168 valence electrons. The summed E-state index contributed by atoms with van der Waals surface area (Å²) in [5.41, 5.74) is 2.08. The second kappa shape index (κ2) is 10.8. The molecule has 31 heavy (non-hydrogen) atoms. The highest BCUT2D eigenvalue weighted by molar-refractivity contribution is 9.10. The molecule has 0 fully saturated rings. The van der Waals surface area contributed by atoms with Crippen molar-refractivity contribution < 1.29 is 18.0 Å². The van der Waals surface area contributed by atoms with Gasteiger partial charge in [0.25, 0.3) is 0 Å². The Labute approximate surface area is 192 Å². The molecule has 0 aliphatic heterocycles. The molecule has 7 nitrogen and oxygen atoms in total. The molecule has 0 saturated carbocycles. The summed E-state index contributed by atoms with van der Waals surface area (Å²) in [4.78, 5) is 27.2. The summed E-state index contributed by atoms with van der Waals surface area (Å²) in [6.07, 6.45) is 1.06. The minimum Gasteiger partial charge on any atom is -0.355 e. The van der Waals surface area contributed by atoms with Gasteiger partial charge in [0.05, 0.1) is 11.9 Å². The van der Waals surface area contributed by atoms with Gasteiger partial charge in [-0.15, -0.1) is 0 Å². The van der Waals surface area contributed by atoms with Gasteiger partial charge in [-0.1, -0.05) is 46.3 Å². The average molecular weight is 510 g/mol. The molecule has 2 amide bonds. The quantitative estimate of drug-likeness (QED) is 0.562. The van der Waals surface area contributed by atoms with E-state index in [1.165, 1.54) is 4.90 Å². The molecular formula is C22H28BrN3O4S. The predicted molar refractivity (Wildman–Crippen MR) is 126 cm³/mol. The lowest BCUT2D eigenvalue weighted by molar-refractivity contribution is -0.139. The largest absolute Gasteiger partial charge is 0.355 e. The van der Waals surface area contributed by atoms with Crippen molar-refractivity contribution in [1.29, 1.82) is 0 Å². The minimum atomic E-state index is -3.74. The van der Waals surface area contributed by atoms with Crippen molar-refractivity contribution in [1.82, 2.24) is 10.2 Å². The van der Waals surface area contributed by atoms with Gasteiger partial charge in [-0.25, -0.2) is 8.42 Å². The Kier molecular flexibility index (Phi) is 8.64. The molecular weight excluding hydrogens is 482 g/mol. The van der Waals surface area contributed by atoms with Gasteiger partial charge in [-0.3, -0.25) is 13.9 Å². The van der Waals surface area contributed by atoms with E-state index in [9.17, 15) is 18.0 Å². The summed E-state index contributed by atoms with van der Waals surface area (Å²) in [6, 6.07) is 13.6. The number of likely N-dealkylation sites (N-methyl/N-ethyl adjacent to an activating group) is 1. The number of carbonyl (C=O) groups excluding carboxylic acids is 2. The number of hydrogen-bond acceptors (Lipinski definition) is 4. The van der Waals surface area contributed by atoms with Crippen molar-refractivity contribution >= 4 is 43.5 Å². The predicted octanol–water partition coefficient (Wildman–Crippen LogP) is 3.08. The SMILES string of the molecule is CCNC(=O)[C@@H](C)N(Cc1ccccc1)C(=O)CN(c1ccc(Br)c(C)c1)S(C)(=O)=O. The third kappa shape index (κ3) is 6.80. The summed E-state index contributed by atoms with van der Waals surface area (Å²) < 4.78 is 26.9. The van der Waals surface area contributed by atoms with Crippen LogP contribution in [0.15, 0.2) is 53.0 Å². The second-order valence-corrected chi connectivity index (χ2v) is 10.0. The number of amides is 2. The van der Waals surface area contributed by atoms with Gasteiger partial charge >= 0.3 is 0 Å². The fourth-order valence-corrected chi connectivity index (χ4v) is 4.17. The summed E-state index contributed by atoms with van der Waals surface area (Å²) in [5.74, 6) is -0.759. The van der Waals surface area contributed by atoms with Gasteiger partial charge in [0.1, 0.15) is 12.6 Å². The normalized spacial score (nSPS) is 12.2. The zero-order chi connectivity index (χ0) is 23.2. The van der Waals surface area contributed by atoms with E-state index in [-0.39, 0.29) is 12.5 Å². The van der Waals surface area contributed by atoms with Crippen LogP contribution in [0.4, 0.5) is 5.69 Å². The van der Waals surface area contributed by atoms with Crippen LogP contribution in [0.25, 0.3) is 0 Å². The van der Waals surface area contributed by atoms with E-state index in [4.69, 9.17) is 0 Å². The van der Waals surface area contributed by atoms with Crippen molar-refractivity contribution in [3.63, 3.8) is 0 Å². The first-order chi connectivity index (χ1) is 14.5. The first-order valence-electron chi connectivity index (χ1n) is 9.89. The lowest BCUT2D eigenvalue weighted by atomic mass is 10.1. The standard InChI is InChI=1S/C22H28BrN3O4S/c1-5-24-22(28)17(3)25(14-18-9-7-6-8-10-18)21(27)15-26(31(4,29)30)19-11-12-20(23)16(2)13-19/h6-13,17H,5,14-15H2,1-4H3,(H,24,28)/t17-/m1/s1. The van der Waals surface area contributed by atoms with Crippen LogP contribution in [0.2, 0.25) is 0 Å². The van der Waals surface area contributed by atoms with E-state index in [1.807, 2.05) is 37.3 Å². The maximum Gasteiger partial charge on any atom is 0.244 e. The Balaban J connectivity index is 2.38.